The number of hydrogen-bond donors (Lipinski definition) is 3. The van der Waals surface area contributed by atoms with Crippen molar-refractivity contribution in [2.75, 3.05) is 19.8 Å². The number of halogens is 3. The Hall–Kier alpha value is -1.35. The molecule has 0 bridgehead atoms. The van der Waals surface area contributed by atoms with Gasteiger partial charge in [0, 0.05) is 19.4 Å². The Kier molecular flexibility index (Phi) is 7.29. The molecular formula is C9H14F3NO5. The van der Waals surface area contributed by atoms with Gasteiger partial charge in [0.15, 0.2) is 0 Å². The van der Waals surface area contributed by atoms with Gasteiger partial charge in [-0.2, -0.15) is 13.2 Å². The van der Waals surface area contributed by atoms with Gasteiger partial charge in [-0.1, -0.05) is 0 Å². The topological polar surface area (TPSA) is 95.9 Å². The van der Waals surface area contributed by atoms with Crippen LogP contribution in [0.15, 0.2) is 0 Å². The number of ether oxygens (including phenoxy) is 1. The van der Waals surface area contributed by atoms with Crippen molar-refractivity contribution >= 4 is 11.9 Å². The molecule has 0 radical (unpaired) electrons. The number of carbonyl (C=O) groups is 2. The van der Waals surface area contributed by atoms with Crippen LogP contribution in [-0.4, -0.2) is 54.1 Å². The van der Waals surface area contributed by atoms with Crippen molar-refractivity contribution in [2.45, 2.75) is 25.1 Å². The SMILES string of the molecule is O=C(CCOCC(F)(F)F)N[C@@H](CCO)C(=O)O. The molecule has 0 saturated carbocycles. The van der Waals surface area contributed by atoms with Crippen LogP contribution in [0.1, 0.15) is 12.8 Å². The molecule has 18 heavy (non-hydrogen) atoms. The number of carbonyl (C=O) groups excluding carboxylic acids is 1. The van der Waals surface area contributed by atoms with Crippen molar-refractivity contribution in [3.63, 3.8) is 0 Å². The van der Waals surface area contributed by atoms with Gasteiger partial charge in [-0.25, -0.2) is 4.79 Å². The lowest BCUT2D eigenvalue weighted by atomic mass is 10.2. The standard InChI is InChI=1S/C9H14F3NO5/c10-9(11,12)5-18-4-2-7(15)13-6(1-3-14)8(16)17/h6,14H,1-5H2,(H,13,15)(H,16,17)/t6-/m0/s1. The molecular weight excluding hydrogens is 259 g/mol. The predicted octanol–water partition coefficient (Wildman–Crippen LogP) is -0.0928. The molecule has 1 atom stereocenters. The van der Waals surface area contributed by atoms with Crippen LogP contribution in [-0.2, 0) is 14.3 Å². The highest BCUT2D eigenvalue weighted by molar-refractivity contribution is 5.83. The number of nitrogens with one attached hydrogen (secondary N) is 1. The zero-order valence-electron chi connectivity index (χ0n) is 9.37. The highest BCUT2D eigenvalue weighted by Crippen LogP contribution is 2.14. The Morgan fingerprint density at radius 2 is 1.94 bits per heavy atom. The first-order valence-electron chi connectivity index (χ1n) is 5.04. The summed E-state index contributed by atoms with van der Waals surface area (Å²) in [5.41, 5.74) is 0. The summed E-state index contributed by atoms with van der Waals surface area (Å²) in [6.45, 7) is -2.35. The van der Waals surface area contributed by atoms with Gasteiger partial charge in [-0.05, 0) is 0 Å². The molecule has 0 aromatic rings. The number of carboxylic acids is 1. The van der Waals surface area contributed by atoms with Gasteiger partial charge >= 0.3 is 12.1 Å². The highest BCUT2D eigenvalue weighted by atomic mass is 19.4. The summed E-state index contributed by atoms with van der Waals surface area (Å²) in [6.07, 6.45) is -5.02. The van der Waals surface area contributed by atoms with E-state index in [9.17, 15) is 22.8 Å². The maximum absolute atomic E-state index is 11.7. The molecule has 0 aliphatic carbocycles. The quantitative estimate of drug-likeness (QED) is 0.537. The average Bonchev–Trinajstić information content (AvgIpc) is 2.22. The van der Waals surface area contributed by atoms with Crippen LogP contribution in [0.5, 0.6) is 0 Å². The molecule has 3 N–H and O–H groups in total. The molecule has 0 unspecified atom stereocenters. The van der Waals surface area contributed by atoms with Crippen molar-refractivity contribution in [2.24, 2.45) is 0 Å². The second kappa shape index (κ2) is 7.88. The van der Waals surface area contributed by atoms with E-state index in [0.29, 0.717) is 0 Å². The number of aliphatic hydroxyl groups is 1. The summed E-state index contributed by atoms with van der Waals surface area (Å²) >= 11 is 0. The Balaban J connectivity index is 3.85. The number of hydrogen-bond acceptors (Lipinski definition) is 4. The molecule has 6 nitrogen and oxygen atoms in total. The third-order valence-electron chi connectivity index (χ3n) is 1.79. The Morgan fingerprint density at radius 1 is 1.33 bits per heavy atom. The lowest BCUT2D eigenvalue weighted by Crippen LogP contribution is -2.41. The zero-order valence-corrected chi connectivity index (χ0v) is 9.37. The minimum Gasteiger partial charge on any atom is -0.480 e. The van der Waals surface area contributed by atoms with E-state index in [1.165, 1.54) is 0 Å². The van der Waals surface area contributed by atoms with E-state index in [2.05, 4.69) is 10.1 Å². The third kappa shape index (κ3) is 8.76. The lowest BCUT2D eigenvalue weighted by molar-refractivity contribution is -0.174. The number of aliphatic hydroxyl groups excluding tert-OH is 1. The number of amides is 1. The van der Waals surface area contributed by atoms with Gasteiger partial charge in [0.2, 0.25) is 5.91 Å². The monoisotopic (exact) mass is 273 g/mol. The van der Waals surface area contributed by atoms with Crippen LogP contribution >= 0.6 is 0 Å². The minimum atomic E-state index is -4.46. The largest absolute Gasteiger partial charge is 0.480 e. The van der Waals surface area contributed by atoms with Crippen molar-refractivity contribution < 1.29 is 37.7 Å². The van der Waals surface area contributed by atoms with E-state index in [0.717, 1.165) is 0 Å². The first-order valence-corrected chi connectivity index (χ1v) is 5.04. The lowest BCUT2D eigenvalue weighted by Gasteiger charge is -2.13. The number of carboxylic acid groups (broad SMARTS) is 1. The van der Waals surface area contributed by atoms with E-state index in [1.807, 2.05) is 0 Å². The second-order valence-electron chi connectivity index (χ2n) is 3.39. The van der Waals surface area contributed by atoms with Gasteiger partial charge in [0.05, 0.1) is 6.61 Å². The Morgan fingerprint density at radius 3 is 2.39 bits per heavy atom. The fourth-order valence-electron chi connectivity index (χ4n) is 1.01. The first kappa shape index (κ1) is 16.6. The normalized spacial score (nSPS) is 13.1. The molecule has 1 amide bonds. The van der Waals surface area contributed by atoms with Crippen LogP contribution in [0.4, 0.5) is 13.2 Å². The van der Waals surface area contributed by atoms with Gasteiger partial charge in [0.25, 0.3) is 0 Å². The summed E-state index contributed by atoms with van der Waals surface area (Å²) in [4.78, 5) is 21.7. The molecule has 0 fully saturated rings. The van der Waals surface area contributed by atoms with Gasteiger partial charge in [-0.3, -0.25) is 4.79 Å². The molecule has 0 aliphatic heterocycles. The third-order valence-corrected chi connectivity index (χ3v) is 1.79. The van der Waals surface area contributed by atoms with Gasteiger partial charge in [0.1, 0.15) is 12.6 Å². The number of aliphatic carboxylic acids is 1. The maximum atomic E-state index is 11.7. The van der Waals surface area contributed by atoms with Crippen LogP contribution in [0.2, 0.25) is 0 Å². The maximum Gasteiger partial charge on any atom is 0.411 e. The summed E-state index contributed by atoms with van der Waals surface area (Å²) in [6, 6.07) is -1.26. The molecule has 0 aromatic carbocycles. The van der Waals surface area contributed by atoms with Crippen LogP contribution in [0, 0.1) is 0 Å². The van der Waals surface area contributed by atoms with Gasteiger partial charge in [-0.15, -0.1) is 0 Å². The second-order valence-corrected chi connectivity index (χ2v) is 3.39. The van der Waals surface area contributed by atoms with Crippen molar-refractivity contribution in [1.82, 2.24) is 5.32 Å². The summed E-state index contributed by atoms with van der Waals surface area (Å²) in [5, 5.41) is 19.2. The smallest absolute Gasteiger partial charge is 0.411 e. The van der Waals surface area contributed by atoms with Crippen LogP contribution < -0.4 is 5.32 Å². The van der Waals surface area contributed by atoms with Crippen LogP contribution in [0.25, 0.3) is 0 Å². The summed E-state index contributed by atoms with van der Waals surface area (Å²) < 4.78 is 39.2. The fourth-order valence-corrected chi connectivity index (χ4v) is 1.01. The molecule has 0 rings (SSSR count). The van der Waals surface area contributed by atoms with Gasteiger partial charge < -0.3 is 20.3 Å². The minimum absolute atomic E-state index is 0.176. The summed E-state index contributed by atoms with van der Waals surface area (Å²) in [5.74, 6) is -2.08. The van der Waals surface area contributed by atoms with E-state index in [1.54, 1.807) is 0 Å². The average molecular weight is 273 g/mol. The molecule has 9 heteroatoms. The molecule has 0 heterocycles. The number of alkyl halides is 3. The molecule has 0 aliphatic rings. The molecule has 0 spiro atoms. The Bertz CT molecular complexity index is 282. The predicted molar refractivity (Wildman–Crippen MR) is 52.8 cm³/mol. The molecule has 106 valence electrons. The fraction of sp³-hybridized carbons (Fsp3) is 0.778. The van der Waals surface area contributed by atoms with Crippen molar-refractivity contribution in [3.05, 3.63) is 0 Å². The number of rotatable bonds is 8. The Labute approximate surface area is 101 Å². The van der Waals surface area contributed by atoms with Crippen molar-refractivity contribution in [1.29, 1.82) is 0 Å². The molecule has 0 saturated heterocycles. The van der Waals surface area contributed by atoms with E-state index >= 15 is 0 Å². The van der Waals surface area contributed by atoms with E-state index in [4.69, 9.17) is 10.2 Å². The zero-order chi connectivity index (χ0) is 14.2. The molecule has 0 aromatic heterocycles. The van der Waals surface area contributed by atoms with E-state index < -0.39 is 43.9 Å². The van der Waals surface area contributed by atoms with Crippen molar-refractivity contribution in [3.8, 4) is 0 Å². The first-order chi connectivity index (χ1) is 8.26. The summed E-state index contributed by atoms with van der Waals surface area (Å²) in [7, 11) is 0. The highest BCUT2D eigenvalue weighted by Gasteiger charge is 2.27. The van der Waals surface area contributed by atoms with E-state index in [-0.39, 0.29) is 12.8 Å². The van der Waals surface area contributed by atoms with Crippen LogP contribution in [0.3, 0.4) is 0 Å².